The van der Waals surface area contributed by atoms with E-state index in [0.717, 1.165) is 186 Å². The fraction of sp³-hybridized carbons (Fsp3) is 0.284. The largest absolute Gasteiger partial charge is 0.461 e. The zero-order valence-electron chi connectivity index (χ0n) is 73.2. The van der Waals surface area contributed by atoms with Crippen molar-refractivity contribution in [2.24, 2.45) is 0 Å². The van der Waals surface area contributed by atoms with Gasteiger partial charge in [0.2, 0.25) is 11.9 Å². The number of benzene rings is 5. The number of hydrogen-bond acceptors (Lipinski definition) is 19. The first-order valence-electron chi connectivity index (χ1n) is 45.2. The van der Waals surface area contributed by atoms with Crippen LogP contribution in [0.15, 0.2) is 274 Å². The van der Waals surface area contributed by atoms with Crippen molar-refractivity contribution < 1.29 is 28.7 Å². The van der Waals surface area contributed by atoms with E-state index >= 15 is 0 Å². The van der Waals surface area contributed by atoms with Crippen LogP contribution in [0.3, 0.4) is 0 Å². The summed E-state index contributed by atoms with van der Waals surface area (Å²) in [6.07, 6.45) is 29.0. The molecule has 658 valence electrons. The maximum Gasteiger partial charge on any atom is 0.316 e. The number of pyridine rings is 3. The molecule has 130 heavy (non-hydrogen) atoms. The van der Waals surface area contributed by atoms with Gasteiger partial charge in [0.25, 0.3) is 23.6 Å². The second kappa shape index (κ2) is 40.4. The third-order valence-electron chi connectivity index (χ3n) is 24.8. The van der Waals surface area contributed by atoms with E-state index < -0.39 is 0 Å². The first-order chi connectivity index (χ1) is 64.0. The standard InChI is InChI=1S/C28H25N5O.2C25H26N6O.C24H27N5O3/c34-28(26-25-15-7-8-18-33(25)30-27(26)22-12-5-2-6-13-22)32-17-9-14-23(32)20-31-19-16-24(29-31)21-10-3-1-4-11-21;1-2-18-15-26-25(27-16-18)28-17-20-11-8-13-30(20)24(32)22-21-12-6-7-14-31(21)29-23(22)19-9-4-3-5-10-19;1-2-18-15-26-25(27-16-18)28-17-20-11-8-14-30(20)24(32)23-22(19-9-4-3-5-10-19)29-21-12-6-7-13-31(21)23;1-2-17-13-25-24(26-14-17)32-15-19-9-6-10-28(19)23(30)21-20-16-31-12-11-29(20)27-22(21)18-7-4-3-5-8-18/h1-8,10-13,15-16,18-19,23H,9,14,17,20H2;3-7,9-10,12,14-16,20H,2,8,11,13,17H2,1H3,(H,26,27,28);3-7,9-10,12-13,15-16,20H,2,8,11,14,17H2,1H3,(H,26,27,28);3-5,7-8,13-14,19H,2,6,9-12,15-16H2,1H3/t23-;2*20-;19-/m0000/s1. The molecule has 4 atom stereocenters. The molecule has 0 bridgehead atoms. The summed E-state index contributed by atoms with van der Waals surface area (Å²) in [7, 11) is 0. The topological polar surface area (TPSA) is 289 Å². The molecule has 4 saturated heterocycles. The van der Waals surface area contributed by atoms with Crippen LogP contribution in [0.25, 0.3) is 73.0 Å². The van der Waals surface area contributed by atoms with Gasteiger partial charge in [-0.3, -0.25) is 32.9 Å². The van der Waals surface area contributed by atoms with Crippen LogP contribution in [0.2, 0.25) is 0 Å². The highest BCUT2D eigenvalue weighted by molar-refractivity contribution is 6.08. The lowest BCUT2D eigenvalue weighted by molar-refractivity contribution is 0.0648. The average molecular weight is 1730 g/mol. The van der Waals surface area contributed by atoms with Crippen LogP contribution >= 0.6 is 0 Å². The molecule has 0 aliphatic carbocycles. The lowest BCUT2D eigenvalue weighted by atomic mass is 10.0. The third kappa shape index (κ3) is 19.0. The van der Waals surface area contributed by atoms with E-state index in [0.29, 0.717) is 92.8 Å². The summed E-state index contributed by atoms with van der Waals surface area (Å²) in [5, 5.41) is 25.7. The summed E-state index contributed by atoms with van der Waals surface area (Å²) < 4.78 is 20.9. The second-order valence-electron chi connectivity index (χ2n) is 33.0. The van der Waals surface area contributed by atoms with Crippen LogP contribution in [0.4, 0.5) is 11.9 Å². The number of rotatable bonds is 23. The van der Waals surface area contributed by atoms with Gasteiger partial charge in [0.1, 0.15) is 40.7 Å². The Kier molecular flexibility index (Phi) is 26.7. The van der Waals surface area contributed by atoms with Gasteiger partial charge in [-0.05, 0) is 130 Å². The van der Waals surface area contributed by atoms with Crippen molar-refractivity contribution in [3.05, 3.63) is 319 Å². The van der Waals surface area contributed by atoms with Crippen molar-refractivity contribution in [1.82, 2.24) is 97.7 Å². The van der Waals surface area contributed by atoms with Gasteiger partial charge >= 0.3 is 6.01 Å². The van der Waals surface area contributed by atoms with Gasteiger partial charge in [-0.15, -0.1) is 0 Å². The van der Waals surface area contributed by atoms with Gasteiger partial charge in [-0.25, -0.2) is 43.9 Å². The average Bonchev–Trinajstić information content (AvgIpc) is 1.63. The summed E-state index contributed by atoms with van der Waals surface area (Å²) in [4.78, 5) is 94.2. The van der Waals surface area contributed by atoms with Crippen molar-refractivity contribution in [3.8, 4) is 62.3 Å². The number of ether oxygens (including phenoxy) is 2. The Morgan fingerprint density at radius 3 is 1.32 bits per heavy atom. The Bertz CT molecular complexity index is 6330. The van der Waals surface area contributed by atoms with Gasteiger partial charge in [-0.1, -0.05) is 191 Å². The summed E-state index contributed by atoms with van der Waals surface area (Å²) in [5.41, 5.74) is 17.9. The zero-order chi connectivity index (χ0) is 88.7. The van der Waals surface area contributed by atoms with Crippen LogP contribution in [-0.2, 0) is 43.7 Å². The molecule has 5 aliphatic heterocycles. The predicted molar refractivity (Wildman–Crippen MR) is 500 cm³/mol. The van der Waals surface area contributed by atoms with Crippen LogP contribution in [0.1, 0.15) is 136 Å². The van der Waals surface area contributed by atoms with E-state index in [4.69, 9.17) is 34.9 Å². The SMILES string of the molecule is CCc1cnc(NC[C@@H]2CCCN2C(=O)c2c(-c3ccccc3)nc3ccccn23)nc1.CCc1cnc(NC[C@@H]2CCCN2C(=O)c2c(-c3ccccc3)nn3ccccc23)nc1.CCc1cnc(OC[C@@H]2CCCN2C(=O)c2c(-c3ccccc3)nn3c2COCC3)nc1.O=C(c1c(-c2ccccc2)nn2ccccc12)N1CCC[C@H]1Cn1ccc(-c2ccccc2)n1. The monoisotopic (exact) mass is 1730 g/mol. The van der Waals surface area contributed by atoms with Gasteiger partial charge in [0.15, 0.2) is 0 Å². The lowest BCUT2D eigenvalue weighted by Crippen LogP contribution is -2.40. The fourth-order valence-electron chi connectivity index (χ4n) is 17.8. The van der Waals surface area contributed by atoms with Crippen molar-refractivity contribution in [1.29, 1.82) is 0 Å². The quantitative estimate of drug-likeness (QED) is 0.0601. The second-order valence-corrected chi connectivity index (χ2v) is 33.0. The van der Waals surface area contributed by atoms with Crippen molar-refractivity contribution in [2.45, 2.75) is 135 Å². The number of nitrogens with one attached hydrogen (secondary N) is 2. The van der Waals surface area contributed by atoms with E-state index in [1.165, 1.54) is 0 Å². The van der Waals surface area contributed by atoms with Crippen LogP contribution in [-0.4, -0.2) is 198 Å². The fourth-order valence-corrected chi connectivity index (χ4v) is 17.8. The predicted octanol–water partition coefficient (Wildman–Crippen LogP) is 16.4. The number of carbonyl (C=O) groups is 4. The van der Waals surface area contributed by atoms with Gasteiger partial charge < -0.3 is 39.7 Å². The minimum absolute atomic E-state index is 0.00843. The maximum atomic E-state index is 14.0. The molecule has 28 heteroatoms. The molecule has 11 aromatic heterocycles. The summed E-state index contributed by atoms with van der Waals surface area (Å²) in [6, 6.07) is 70.0. The molecule has 21 rings (SSSR count). The third-order valence-corrected chi connectivity index (χ3v) is 24.8. The number of aromatic nitrogens is 16. The highest BCUT2D eigenvalue weighted by atomic mass is 16.5. The van der Waals surface area contributed by atoms with Gasteiger partial charge in [0.05, 0.1) is 77.5 Å². The molecule has 4 amide bonds. The number of anilines is 2. The number of nitrogens with zero attached hydrogens (tertiary/aromatic N) is 20. The number of likely N-dealkylation sites (tertiary alicyclic amines) is 4. The Hall–Kier alpha value is -14.9. The van der Waals surface area contributed by atoms with E-state index in [1.807, 2.05) is 283 Å². The van der Waals surface area contributed by atoms with Crippen molar-refractivity contribution in [3.63, 3.8) is 0 Å². The first-order valence-corrected chi connectivity index (χ1v) is 45.2. The molecule has 4 fully saturated rings. The van der Waals surface area contributed by atoms with E-state index in [-0.39, 0.29) is 47.8 Å². The molecule has 28 nitrogen and oxygen atoms in total. The number of carbonyl (C=O) groups excluding carboxylic acids is 4. The molecular formula is C102H104N22O6. The minimum Gasteiger partial charge on any atom is -0.461 e. The highest BCUT2D eigenvalue weighted by Gasteiger charge is 2.39. The first kappa shape index (κ1) is 85.8. The summed E-state index contributed by atoms with van der Waals surface area (Å²) in [6.45, 7) is 13.1. The Labute approximate surface area is 754 Å². The van der Waals surface area contributed by atoms with Crippen molar-refractivity contribution >= 4 is 52.2 Å². The number of aryl methyl sites for hydroxylation is 3. The van der Waals surface area contributed by atoms with Gasteiger partial charge in [-0.2, -0.15) is 20.4 Å². The van der Waals surface area contributed by atoms with Crippen LogP contribution in [0, 0.1) is 0 Å². The van der Waals surface area contributed by atoms with Crippen LogP contribution < -0.4 is 15.4 Å². The molecule has 0 radical (unpaired) electrons. The van der Waals surface area contributed by atoms with E-state index in [1.54, 1.807) is 21.4 Å². The molecule has 16 heterocycles. The molecule has 5 aromatic carbocycles. The maximum absolute atomic E-state index is 14.0. The lowest BCUT2D eigenvalue weighted by Gasteiger charge is -2.25. The number of hydrogen-bond donors (Lipinski definition) is 2. The zero-order valence-corrected chi connectivity index (χ0v) is 73.2. The molecule has 16 aromatic rings. The Morgan fingerprint density at radius 2 is 0.815 bits per heavy atom. The minimum atomic E-state index is -0.0272. The molecule has 2 N–H and O–H groups in total. The van der Waals surface area contributed by atoms with Crippen molar-refractivity contribution in [2.75, 3.05) is 63.1 Å². The Morgan fingerprint density at radius 1 is 0.400 bits per heavy atom. The molecular weight excluding hydrogens is 1630 g/mol. The van der Waals surface area contributed by atoms with Crippen LogP contribution in [0.5, 0.6) is 6.01 Å². The smallest absolute Gasteiger partial charge is 0.316 e. The number of amides is 4. The number of imidazole rings is 1. The molecule has 0 spiro atoms. The Balaban J connectivity index is 0.000000117. The highest BCUT2D eigenvalue weighted by Crippen LogP contribution is 2.37. The molecule has 0 unspecified atom stereocenters. The number of fused-ring (bicyclic) bond motifs is 4. The summed E-state index contributed by atoms with van der Waals surface area (Å²) >= 11 is 0. The molecule has 0 saturated carbocycles. The normalized spacial score (nSPS) is 16.4. The van der Waals surface area contributed by atoms with Gasteiger partial charge in [0, 0.05) is 141 Å². The summed E-state index contributed by atoms with van der Waals surface area (Å²) in [5.74, 6) is 1.26. The van der Waals surface area contributed by atoms with E-state index in [2.05, 4.69) is 73.4 Å². The van der Waals surface area contributed by atoms with E-state index in [9.17, 15) is 19.2 Å². The molecule has 5 aliphatic rings.